The van der Waals surface area contributed by atoms with Gasteiger partial charge in [0.05, 0.1) is 12.2 Å². The zero-order valence-corrected chi connectivity index (χ0v) is 12.4. The third kappa shape index (κ3) is 4.00. The predicted molar refractivity (Wildman–Crippen MR) is 78.9 cm³/mol. The molecular weight excluding hydrogens is 274 g/mol. The van der Waals surface area contributed by atoms with Gasteiger partial charge >= 0.3 is 5.97 Å². The van der Waals surface area contributed by atoms with Gasteiger partial charge in [-0.2, -0.15) is 0 Å². The Morgan fingerprint density at radius 1 is 1.35 bits per heavy atom. The van der Waals surface area contributed by atoms with Crippen LogP contribution < -0.4 is 0 Å². The van der Waals surface area contributed by atoms with Crippen molar-refractivity contribution in [1.29, 1.82) is 0 Å². The third-order valence-corrected chi connectivity index (χ3v) is 4.49. The summed E-state index contributed by atoms with van der Waals surface area (Å²) in [5, 5.41) is 8.86. The van der Waals surface area contributed by atoms with Crippen LogP contribution in [0.4, 0.5) is 0 Å². The van der Waals surface area contributed by atoms with Gasteiger partial charge in [-0.3, -0.25) is 9.59 Å². The molecule has 5 heteroatoms. The summed E-state index contributed by atoms with van der Waals surface area (Å²) in [6.45, 7) is 2.71. The van der Waals surface area contributed by atoms with Crippen LogP contribution in [0.15, 0.2) is 29.2 Å². The molecule has 0 aromatic heterocycles. The highest BCUT2D eigenvalue weighted by Gasteiger charge is 2.29. The minimum atomic E-state index is -0.833. The molecule has 1 N–H and O–H groups in total. The zero-order valence-electron chi connectivity index (χ0n) is 11.5. The highest BCUT2D eigenvalue weighted by atomic mass is 32.2. The normalized spacial score (nSPS) is 18.2. The van der Waals surface area contributed by atoms with Crippen molar-refractivity contribution in [3.05, 3.63) is 29.8 Å². The number of rotatable bonds is 5. The Morgan fingerprint density at radius 2 is 2.05 bits per heavy atom. The molecule has 1 saturated heterocycles. The number of carbonyl (C=O) groups is 2. The van der Waals surface area contributed by atoms with E-state index in [-0.39, 0.29) is 18.4 Å². The van der Waals surface area contributed by atoms with Crippen LogP contribution >= 0.6 is 11.8 Å². The van der Waals surface area contributed by atoms with Crippen LogP contribution in [0.25, 0.3) is 0 Å². The molecule has 1 heterocycles. The number of thioether (sulfide) groups is 1. The summed E-state index contributed by atoms with van der Waals surface area (Å²) in [6.07, 6.45) is 1.76. The van der Waals surface area contributed by atoms with Crippen molar-refractivity contribution in [1.82, 2.24) is 4.90 Å². The molecule has 1 atom stereocenters. The minimum absolute atomic E-state index is 0.0410. The summed E-state index contributed by atoms with van der Waals surface area (Å²) >= 11 is 1.51. The summed E-state index contributed by atoms with van der Waals surface area (Å²) in [7, 11) is 0. The number of benzene rings is 1. The van der Waals surface area contributed by atoms with Gasteiger partial charge in [0, 0.05) is 17.5 Å². The van der Waals surface area contributed by atoms with E-state index in [0.29, 0.717) is 12.3 Å². The average Bonchev–Trinajstić information content (AvgIpc) is 2.85. The summed E-state index contributed by atoms with van der Waals surface area (Å²) in [4.78, 5) is 25.8. The van der Waals surface area contributed by atoms with Gasteiger partial charge in [0.25, 0.3) is 0 Å². The highest BCUT2D eigenvalue weighted by molar-refractivity contribution is 8.00. The molecule has 1 amide bonds. The minimum Gasteiger partial charge on any atom is -0.481 e. The van der Waals surface area contributed by atoms with Crippen molar-refractivity contribution in [2.75, 3.05) is 12.3 Å². The Morgan fingerprint density at radius 3 is 2.70 bits per heavy atom. The molecule has 1 aromatic carbocycles. The third-order valence-electron chi connectivity index (χ3n) is 3.49. The number of nitrogens with zero attached hydrogens (tertiary/aromatic N) is 1. The topological polar surface area (TPSA) is 57.6 Å². The van der Waals surface area contributed by atoms with Gasteiger partial charge in [0.2, 0.25) is 5.91 Å². The Balaban J connectivity index is 1.87. The second-order valence-corrected chi connectivity index (χ2v) is 6.13. The van der Waals surface area contributed by atoms with Gasteiger partial charge in [0.15, 0.2) is 0 Å². The smallest absolute Gasteiger partial charge is 0.305 e. The molecule has 0 saturated carbocycles. The van der Waals surface area contributed by atoms with Crippen LogP contribution in [-0.4, -0.2) is 40.2 Å². The molecule has 0 spiro atoms. The standard InChI is InChI=1S/C15H19NO3S/c1-11-4-6-13(7-5-11)20-10-14(17)16-8-2-3-12(16)9-15(18)19/h4-7,12H,2-3,8-10H2,1H3,(H,18,19). The van der Waals surface area contributed by atoms with E-state index in [9.17, 15) is 9.59 Å². The van der Waals surface area contributed by atoms with Crippen molar-refractivity contribution < 1.29 is 14.7 Å². The number of amides is 1. The van der Waals surface area contributed by atoms with E-state index < -0.39 is 5.97 Å². The second-order valence-electron chi connectivity index (χ2n) is 5.08. The van der Waals surface area contributed by atoms with Crippen LogP contribution in [0.5, 0.6) is 0 Å². The summed E-state index contributed by atoms with van der Waals surface area (Å²) in [5.41, 5.74) is 1.20. The van der Waals surface area contributed by atoms with E-state index in [1.54, 1.807) is 4.90 Å². The van der Waals surface area contributed by atoms with E-state index in [1.165, 1.54) is 17.3 Å². The second kappa shape index (κ2) is 6.79. The van der Waals surface area contributed by atoms with Crippen LogP contribution in [0.3, 0.4) is 0 Å². The summed E-state index contributed by atoms with van der Waals surface area (Å²) < 4.78 is 0. The monoisotopic (exact) mass is 293 g/mol. The van der Waals surface area contributed by atoms with Crippen molar-refractivity contribution in [2.24, 2.45) is 0 Å². The van der Waals surface area contributed by atoms with Gasteiger partial charge < -0.3 is 10.0 Å². The Bertz CT molecular complexity index is 486. The first kappa shape index (κ1) is 14.9. The fourth-order valence-electron chi connectivity index (χ4n) is 2.44. The SMILES string of the molecule is Cc1ccc(SCC(=O)N2CCCC2CC(=O)O)cc1. The number of carboxylic acid groups (broad SMARTS) is 1. The number of aryl methyl sites for hydroxylation is 1. The lowest BCUT2D eigenvalue weighted by molar-refractivity contribution is -0.139. The number of aliphatic carboxylic acids is 1. The van der Waals surface area contributed by atoms with E-state index in [0.717, 1.165) is 17.7 Å². The van der Waals surface area contributed by atoms with Gasteiger partial charge in [-0.25, -0.2) is 0 Å². The molecular formula is C15H19NO3S. The van der Waals surface area contributed by atoms with E-state index >= 15 is 0 Å². The predicted octanol–water partition coefficient (Wildman–Crippen LogP) is 2.55. The first-order valence-electron chi connectivity index (χ1n) is 6.77. The number of hydrogen-bond donors (Lipinski definition) is 1. The highest BCUT2D eigenvalue weighted by Crippen LogP contribution is 2.24. The number of hydrogen-bond acceptors (Lipinski definition) is 3. The zero-order chi connectivity index (χ0) is 14.5. The first-order valence-corrected chi connectivity index (χ1v) is 7.75. The average molecular weight is 293 g/mol. The lowest BCUT2D eigenvalue weighted by Gasteiger charge is -2.23. The maximum Gasteiger partial charge on any atom is 0.305 e. The quantitative estimate of drug-likeness (QED) is 0.848. The number of likely N-dealkylation sites (tertiary alicyclic amines) is 1. The maximum absolute atomic E-state index is 12.2. The fraction of sp³-hybridized carbons (Fsp3) is 0.467. The summed E-state index contributed by atoms with van der Waals surface area (Å²) in [5.74, 6) is -0.417. The van der Waals surface area contributed by atoms with Crippen LogP contribution in [0, 0.1) is 6.92 Å². The molecule has 1 fully saturated rings. The van der Waals surface area contributed by atoms with Gasteiger partial charge in [-0.05, 0) is 31.9 Å². The lowest BCUT2D eigenvalue weighted by atomic mass is 10.1. The van der Waals surface area contributed by atoms with Crippen LogP contribution in [0.2, 0.25) is 0 Å². The Hall–Kier alpha value is -1.49. The van der Waals surface area contributed by atoms with Crippen molar-refractivity contribution in [2.45, 2.75) is 37.1 Å². The Labute approximate surface area is 123 Å². The molecule has 108 valence electrons. The molecule has 4 nitrogen and oxygen atoms in total. The summed E-state index contributed by atoms with van der Waals surface area (Å²) in [6, 6.07) is 7.93. The largest absolute Gasteiger partial charge is 0.481 e. The molecule has 1 aromatic rings. The molecule has 1 aliphatic rings. The van der Waals surface area contributed by atoms with Crippen molar-refractivity contribution >= 4 is 23.6 Å². The van der Waals surface area contributed by atoms with Crippen LogP contribution in [-0.2, 0) is 9.59 Å². The molecule has 0 bridgehead atoms. The van der Waals surface area contributed by atoms with Gasteiger partial charge in [-0.1, -0.05) is 17.7 Å². The first-order chi connectivity index (χ1) is 9.56. The molecule has 2 rings (SSSR count). The Kier molecular flexibility index (Phi) is 5.06. The van der Waals surface area contributed by atoms with Gasteiger partial charge in [-0.15, -0.1) is 11.8 Å². The molecule has 20 heavy (non-hydrogen) atoms. The fourth-order valence-corrected chi connectivity index (χ4v) is 3.22. The molecule has 1 aliphatic heterocycles. The van der Waals surface area contributed by atoms with Crippen molar-refractivity contribution in [3.8, 4) is 0 Å². The van der Waals surface area contributed by atoms with Crippen molar-refractivity contribution in [3.63, 3.8) is 0 Å². The van der Waals surface area contributed by atoms with E-state index in [4.69, 9.17) is 5.11 Å². The maximum atomic E-state index is 12.2. The number of carbonyl (C=O) groups excluding carboxylic acids is 1. The molecule has 0 radical (unpaired) electrons. The van der Waals surface area contributed by atoms with E-state index in [1.807, 2.05) is 31.2 Å². The number of carboxylic acids is 1. The van der Waals surface area contributed by atoms with Crippen LogP contribution in [0.1, 0.15) is 24.8 Å². The van der Waals surface area contributed by atoms with Gasteiger partial charge in [0.1, 0.15) is 0 Å². The van der Waals surface area contributed by atoms with E-state index in [2.05, 4.69) is 0 Å². The lowest BCUT2D eigenvalue weighted by Crippen LogP contribution is -2.37. The molecule has 1 unspecified atom stereocenters. The molecule has 0 aliphatic carbocycles.